The third kappa shape index (κ3) is 1.69. The molecule has 0 bridgehead atoms. The van der Waals surface area contributed by atoms with Gasteiger partial charge >= 0.3 is 0 Å². The largest absolute Gasteiger partial charge is 0.475 e. The number of hydrogen-bond acceptors (Lipinski definition) is 3. The van der Waals surface area contributed by atoms with Crippen molar-refractivity contribution in [1.82, 2.24) is 0 Å². The first-order valence-electron chi connectivity index (χ1n) is 4.35. The second-order valence-electron chi connectivity index (χ2n) is 3.20. The molecule has 1 aliphatic rings. The molecule has 1 atom stereocenters. The Bertz CT molecular complexity index is 380. The summed E-state index contributed by atoms with van der Waals surface area (Å²) < 4.78 is 5.44. The Balaban J connectivity index is 2.44. The van der Waals surface area contributed by atoms with E-state index in [9.17, 15) is 0 Å². The number of alkyl halides is 1. The van der Waals surface area contributed by atoms with Gasteiger partial charge in [-0.05, 0) is 11.6 Å². The van der Waals surface area contributed by atoms with Crippen molar-refractivity contribution < 1.29 is 4.74 Å². The fourth-order valence-electron chi connectivity index (χ4n) is 1.63. The maximum absolute atomic E-state index is 5.72. The molecule has 1 unspecified atom stereocenters. The van der Waals surface area contributed by atoms with E-state index in [2.05, 4.69) is 15.9 Å². The first-order valence-corrected chi connectivity index (χ1v) is 5.88. The number of thiocarbonyl (C=S) groups is 1. The van der Waals surface area contributed by atoms with Crippen LogP contribution in [0.3, 0.4) is 0 Å². The van der Waals surface area contributed by atoms with Crippen molar-refractivity contribution in [3.05, 3.63) is 29.3 Å². The van der Waals surface area contributed by atoms with Crippen LogP contribution < -0.4 is 10.5 Å². The van der Waals surface area contributed by atoms with Gasteiger partial charge < -0.3 is 4.74 Å². The number of halogens is 1. The van der Waals surface area contributed by atoms with Gasteiger partial charge in [0, 0.05) is 22.2 Å². The van der Waals surface area contributed by atoms with Crippen molar-refractivity contribution >= 4 is 33.0 Å². The normalized spacial score (nSPS) is 18.9. The molecule has 74 valence electrons. The fourth-order valence-corrected chi connectivity index (χ4v) is 2.12. The zero-order valence-electron chi connectivity index (χ0n) is 7.50. The van der Waals surface area contributed by atoms with Gasteiger partial charge in [0.1, 0.15) is 5.75 Å². The number of rotatable bonds is 2. The molecule has 14 heavy (non-hydrogen) atoms. The topological polar surface area (TPSA) is 35.2 Å². The van der Waals surface area contributed by atoms with Crippen molar-refractivity contribution in [2.45, 2.75) is 12.6 Å². The van der Waals surface area contributed by atoms with E-state index in [4.69, 9.17) is 22.7 Å². The summed E-state index contributed by atoms with van der Waals surface area (Å²) in [6.45, 7) is 0. The molecule has 1 heterocycles. The zero-order chi connectivity index (χ0) is 10.1. The molecule has 0 aromatic heterocycles. The van der Waals surface area contributed by atoms with E-state index < -0.39 is 0 Å². The van der Waals surface area contributed by atoms with E-state index in [1.807, 2.05) is 18.2 Å². The van der Waals surface area contributed by atoms with Gasteiger partial charge in [-0.3, -0.25) is 5.73 Å². The summed E-state index contributed by atoms with van der Waals surface area (Å²) in [7, 11) is 0. The standard InChI is InChI=1S/C10H10BrNOS/c11-5-9(14)6-2-1-3-8-7(6)4-10(12)13-8/h1-3,10H,4-5,12H2. The summed E-state index contributed by atoms with van der Waals surface area (Å²) in [5.41, 5.74) is 7.95. The predicted octanol–water partition coefficient (Wildman–Crippen LogP) is 2.02. The summed E-state index contributed by atoms with van der Waals surface area (Å²) in [5, 5.41) is 0.702. The minimum Gasteiger partial charge on any atom is -0.475 e. The molecular weight excluding hydrogens is 262 g/mol. The Labute approximate surface area is 96.6 Å². The molecular formula is C10H10BrNOS. The number of fused-ring (bicyclic) bond motifs is 1. The molecule has 0 radical (unpaired) electrons. The molecule has 2 nitrogen and oxygen atoms in total. The average Bonchev–Trinajstić information content (AvgIpc) is 2.56. The Morgan fingerprint density at radius 1 is 1.64 bits per heavy atom. The minimum absolute atomic E-state index is 0.218. The third-order valence-electron chi connectivity index (χ3n) is 2.24. The van der Waals surface area contributed by atoms with Crippen LogP contribution in [-0.4, -0.2) is 16.4 Å². The predicted molar refractivity (Wildman–Crippen MR) is 64.2 cm³/mol. The highest BCUT2D eigenvalue weighted by Gasteiger charge is 2.22. The molecule has 0 saturated heterocycles. The van der Waals surface area contributed by atoms with Crippen LogP contribution >= 0.6 is 28.1 Å². The first-order chi connectivity index (χ1) is 6.72. The fraction of sp³-hybridized carbons (Fsp3) is 0.300. The second-order valence-corrected chi connectivity index (χ2v) is 4.25. The molecule has 0 aliphatic carbocycles. The number of benzene rings is 1. The number of hydrogen-bond donors (Lipinski definition) is 1. The number of nitrogens with two attached hydrogens (primary N) is 1. The van der Waals surface area contributed by atoms with Gasteiger partial charge in [0.25, 0.3) is 0 Å². The molecule has 1 aromatic carbocycles. The van der Waals surface area contributed by atoms with Crippen molar-refractivity contribution in [2.24, 2.45) is 5.73 Å². The lowest BCUT2D eigenvalue weighted by molar-refractivity contribution is 0.241. The van der Waals surface area contributed by atoms with Gasteiger partial charge in [0.2, 0.25) is 0 Å². The maximum atomic E-state index is 5.72. The van der Waals surface area contributed by atoms with Crippen LogP contribution in [0.25, 0.3) is 0 Å². The van der Waals surface area contributed by atoms with Gasteiger partial charge in [0.05, 0.1) is 0 Å². The van der Waals surface area contributed by atoms with E-state index in [0.717, 1.165) is 28.2 Å². The van der Waals surface area contributed by atoms with Crippen molar-refractivity contribution in [1.29, 1.82) is 0 Å². The van der Waals surface area contributed by atoms with Crippen molar-refractivity contribution in [3.8, 4) is 5.75 Å². The van der Waals surface area contributed by atoms with E-state index >= 15 is 0 Å². The van der Waals surface area contributed by atoms with E-state index in [1.165, 1.54) is 0 Å². The van der Waals surface area contributed by atoms with Gasteiger partial charge in [0.15, 0.2) is 6.23 Å². The second kappa shape index (κ2) is 3.96. The lowest BCUT2D eigenvalue weighted by Gasteiger charge is -2.05. The van der Waals surface area contributed by atoms with E-state index in [1.54, 1.807) is 0 Å². The SMILES string of the molecule is NC1Cc2c(cccc2C(=S)CBr)O1. The van der Waals surface area contributed by atoms with E-state index in [-0.39, 0.29) is 6.23 Å². The third-order valence-corrected chi connectivity index (χ3v) is 3.53. The molecule has 2 N–H and O–H groups in total. The van der Waals surface area contributed by atoms with Crippen LogP contribution in [-0.2, 0) is 6.42 Å². The van der Waals surface area contributed by atoms with Crippen LogP contribution in [0, 0.1) is 0 Å². The van der Waals surface area contributed by atoms with Gasteiger partial charge in [-0.25, -0.2) is 0 Å². The zero-order valence-corrected chi connectivity index (χ0v) is 9.90. The summed E-state index contributed by atoms with van der Waals surface area (Å²) in [5.74, 6) is 0.873. The molecule has 0 fully saturated rings. The van der Waals surface area contributed by atoms with Crippen LogP contribution in [0.5, 0.6) is 5.75 Å². The monoisotopic (exact) mass is 271 g/mol. The molecule has 0 saturated carbocycles. The summed E-state index contributed by atoms with van der Waals surface area (Å²) in [6, 6.07) is 5.90. The highest BCUT2D eigenvalue weighted by atomic mass is 79.9. The van der Waals surface area contributed by atoms with Crippen LogP contribution in [0.1, 0.15) is 11.1 Å². The lowest BCUT2D eigenvalue weighted by atomic mass is 10.0. The molecule has 2 rings (SSSR count). The number of ether oxygens (including phenoxy) is 1. The van der Waals surface area contributed by atoms with Gasteiger partial charge in [-0.1, -0.05) is 40.3 Å². The smallest absolute Gasteiger partial charge is 0.151 e. The quantitative estimate of drug-likeness (QED) is 0.508. The summed E-state index contributed by atoms with van der Waals surface area (Å²) in [4.78, 5) is 0.902. The molecule has 4 heteroatoms. The maximum Gasteiger partial charge on any atom is 0.151 e. The minimum atomic E-state index is -0.218. The summed E-state index contributed by atoms with van der Waals surface area (Å²) in [6.07, 6.45) is 0.530. The molecule has 1 aliphatic heterocycles. The highest BCUT2D eigenvalue weighted by Crippen LogP contribution is 2.30. The molecule has 1 aromatic rings. The van der Waals surface area contributed by atoms with Gasteiger partial charge in [-0.15, -0.1) is 0 Å². The Morgan fingerprint density at radius 3 is 3.14 bits per heavy atom. The first kappa shape index (κ1) is 10.1. The Kier molecular flexibility index (Phi) is 2.85. The van der Waals surface area contributed by atoms with Crippen LogP contribution in [0.2, 0.25) is 0 Å². The average molecular weight is 272 g/mol. The summed E-state index contributed by atoms with van der Waals surface area (Å²) >= 11 is 8.62. The van der Waals surface area contributed by atoms with E-state index in [0.29, 0.717) is 5.33 Å². The Hall–Kier alpha value is -0.450. The molecule has 0 spiro atoms. The van der Waals surface area contributed by atoms with Crippen molar-refractivity contribution in [3.63, 3.8) is 0 Å². The lowest BCUT2D eigenvalue weighted by Crippen LogP contribution is -2.24. The van der Waals surface area contributed by atoms with Crippen molar-refractivity contribution in [2.75, 3.05) is 5.33 Å². The Morgan fingerprint density at radius 2 is 2.43 bits per heavy atom. The van der Waals surface area contributed by atoms with Crippen LogP contribution in [0.4, 0.5) is 0 Å². The van der Waals surface area contributed by atoms with Gasteiger partial charge in [-0.2, -0.15) is 0 Å². The highest BCUT2D eigenvalue weighted by molar-refractivity contribution is 9.09. The van der Waals surface area contributed by atoms with Crippen LogP contribution in [0.15, 0.2) is 18.2 Å². The molecule has 0 amide bonds.